The molecule has 0 unspecified atom stereocenters. The number of aromatic nitrogens is 3. The SMILES string of the molecule is CCC(CC)n1c(-c2ccccc2F)csc1=Nc1c(C)n(C)n(-c2ccccc2)c1=O. The number of benzene rings is 2. The molecule has 32 heavy (non-hydrogen) atoms. The summed E-state index contributed by atoms with van der Waals surface area (Å²) in [5.74, 6) is -0.265. The molecule has 0 aliphatic carbocycles. The van der Waals surface area contributed by atoms with Gasteiger partial charge >= 0.3 is 0 Å². The molecule has 5 nitrogen and oxygen atoms in total. The Hall–Kier alpha value is -3.19. The van der Waals surface area contributed by atoms with E-state index in [1.807, 2.05) is 60.4 Å². The summed E-state index contributed by atoms with van der Waals surface area (Å²) in [4.78, 5) is 18.9. The molecular weight excluding hydrogens is 423 g/mol. The minimum atomic E-state index is -0.265. The van der Waals surface area contributed by atoms with Gasteiger partial charge in [0.25, 0.3) is 5.56 Å². The van der Waals surface area contributed by atoms with Crippen LogP contribution in [0.3, 0.4) is 0 Å². The zero-order chi connectivity index (χ0) is 22.8. The number of para-hydroxylation sites is 1. The molecule has 0 aliphatic rings. The molecule has 2 aromatic carbocycles. The van der Waals surface area contributed by atoms with Crippen LogP contribution in [0, 0.1) is 12.7 Å². The van der Waals surface area contributed by atoms with Gasteiger partial charge in [-0.25, -0.2) is 14.1 Å². The maximum atomic E-state index is 14.6. The summed E-state index contributed by atoms with van der Waals surface area (Å²) < 4.78 is 20.2. The van der Waals surface area contributed by atoms with Gasteiger partial charge in [0, 0.05) is 24.0 Å². The minimum Gasteiger partial charge on any atom is -0.313 e. The molecule has 0 saturated carbocycles. The first-order valence-electron chi connectivity index (χ1n) is 10.8. The number of thiazole rings is 1. The van der Waals surface area contributed by atoms with Crippen LogP contribution in [0.1, 0.15) is 38.4 Å². The Kier molecular flexibility index (Phi) is 6.28. The van der Waals surface area contributed by atoms with Gasteiger partial charge in [-0.3, -0.25) is 9.48 Å². The number of hydrogen-bond donors (Lipinski definition) is 0. The zero-order valence-electron chi connectivity index (χ0n) is 18.7. The summed E-state index contributed by atoms with van der Waals surface area (Å²) in [5, 5.41) is 1.93. The summed E-state index contributed by atoms with van der Waals surface area (Å²) in [6, 6.07) is 16.5. The summed E-state index contributed by atoms with van der Waals surface area (Å²) in [5.41, 5.74) is 3.12. The molecule has 2 aromatic heterocycles. The van der Waals surface area contributed by atoms with E-state index >= 15 is 0 Å². The first-order valence-corrected chi connectivity index (χ1v) is 11.7. The molecule has 0 N–H and O–H groups in total. The minimum absolute atomic E-state index is 0.148. The fraction of sp³-hybridized carbons (Fsp3) is 0.280. The summed E-state index contributed by atoms with van der Waals surface area (Å²) in [7, 11) is 1.86. The van der Waals surface area contributed by atoms with Gasteiger partial charge in [0.05, 0.1) is 17.1 Å². The lowest BCUT2D eigenvalue weighted by atomic mass is 10.1. The smallest absolute Gasteiger partial charge is 0.297 e. The van der Waals surface area contributed by atoms with E-state index in [0.29, 0.717) is 16.1 Å². The molecule has 0 radical (unpaired) electrons. The molecule has 7 heteroatoms. The topological polar surface area (TPSA) is 44.2 Å². The molecule has 4 rings (SSSR count). The van der Waals surface area contributed by atoms with E-state index in [-0.39, 0.29) is 17.4 Å². The fourth-order valence-electron chi connectivity index (χ4n) is 4.05. The van der Waals surface area contributed by atoms with Crippen LogP contribution in [-0.2, 0) is 7.05 Å². The molecular formula is C25H27FN4OS. The molecule has 166 valence electrons. The van der Waals surface area contributed by atoms with E-state index in [2.05, 4.69) is 18.4 Å². The van der Waals surface area contributed by atoms with Crippen LogP contribution in [0.15, 0.2) is 69.8 Å². The van der Waals surface area contributed by atoms with Crippen LogP contribution in [0.25, 0.3) is 16.9 Å². The van der Waals surface area contributed by atoms with Gasteiger partial charge in [-0.1, -0.05) is 44.2 Å². The third-order valence-corrected chi connectivity index (χ3v) is 6.77. The highest BCUT2D eigenvalue weighted by Gasteiger charge is 2.20. The van der Waals surface area contributed by atoms with Gasteiger partial charge < -0.3 is 4.57 Å². The predicted molar refractivity (Wildman–Crippen MR) is 128 cm³/mol. The molecule has 0 amide bonds. The molecule has 0 aliphatic heterocycles. The van der Waals surface area contributed by atoms with Crippen LogP contribution < -0.4 is 10.4 Å². The summed E-state index contributed by atoms with van der Waals surface area (Å²) >= 11 is 1.43. The van der Waals surface area contributed by atoms with Gasteiger partial charge in [0.2, 0.25) is 0 Å². The van der Waals surface area contributed by atoms with Crippen LogP contribution in [-0.4, -0.2) is 13.9 Å². The number of rotatable bonds is 6. The Morgan fingerprint density at radius 1 is 1.03 bits per heavy atom. The van der Waals surface area contributed by atoms with Crippen molar-refractivity contribution in [2.24, 2.45) is 12.0 Å². The molecule has 0 saturated heterocycles. The quantitative estimate of drug-likeness (QED) is 0.369. The van der Waals surface area contributed by atoms with Crippen molar-refractivity contribution in [1.82, 2.24) is 13.9 Å². The molecule has 0 spiro atoms. The van der Waals surface area contributed by atoms with Gasteiger partial charge in [0.15, 0.2) is 10.5 Å². The fourth-order valence-corrected chi connectivity index (χ4v) is 5.02. The van der Waals surface area contributed by atoms with Crippen molar-refractivity contribution >= 4 is 17.0 Å². The number of nitrogens with zero attached hydrogens (tertiary/aromatic N) is 4. The zero-order valence-corrected chi connectivity index (χ0v) is 19.6. The Morgan fingerprint density at radius 2 is 1.69 bits per heavy atom. The van der Waals surface area contributed by atoms with Crippen molar-refractivity contribution < 1.29 is 4.39 Å². The van der Waals surface area contributed by atoms with Gasteiger partial charge in [-0.2, -0.15) is 0 Å². The first kappa shape index (κ1) is 22.0. The standard InChI is InChI=1S/C25H27FN4OS/c1-5-18(6-2)29-22(20-14-10-11-15-21(20)26)16-32-25(29)27-23-17(3)28(4)30(24(23)31)19-12-8-7-9-13-19/h7-16,18H,5-6H2,1-4H3. The highest BCUT2D eigenvalue weighted by Crippen LogP contribution is 2.28. The normalized spacial score (nSPS) is 12.1. The van der Waals surface area contributed by atoms with E-state index in [0.717, 1.165) is 29.9 Å². The summed E-state index contributed by atoms with van der Waals surface area (Å²) in [6.45, 7) is 6.13. The van der Waals surface area contributed by atoms with Crippen LogP contribution in [0.4, 0.5) is 10.1 Å². The van der Waals surface area contributed by atoms with Gasteiger partial charge in [-0.15, -0.1) is 11.3 Å². The second kappa shape index (κ2) is 9.12. The number of hydrogen-bond acceptors (Lipinski definition) is 3. The lowest BCUT2D eigenvalue weighted by Crippen LogP contribution is -2.22. The highest BCUT2D eigenvalue weighted by atomic mass is 32.1. The Balaban J connectivity index is 1.97. The number of halogens is 1. The molecule has 0 fully saturated rings. The second-order valence-electron chi connectivity index (χ2n) is 7.75. The van der Waals surface area contributed by atoms with Crippen molar-refractivity contribution in [3.05, 3.63) is 86.6 Å². The van der Waals surface area contributed by atoms with Gasteiger partial charge in [-0.05, 0) is 44.0 Å². The van der Waals surface area contributed by atoms with E-state index in [9.17, 15) is 9.18 Å². The molecule has 0 atom stereocenters. The average molecular weight is 451 g/mol. The van der Waals surface area contributed by atoms with Crippen molar-refractivity contribution in [2.45, 2.75) is 39.7 Å². The Bertz CT molecular complexity index is 1360. The average Bonchev–Trinajstić information content (AvgIpc) is 3.30. The van der Waals surface area contributed by atoms with E-state index in [4.69, 9.17) is 4.99 Å². The van der Waals surface area contributed by atoms with Crippen LogP contribution in [0.5, 0.6) is 0 Å². The van der Waals surface area contributed by atoms with Crippen molar-refractivity contribution in [3.63, 3.8) is 0 Å². The molecule has 0 bridgehead atoms. The van der Waals surface area contributed by atoms with Crippen LogP contribution in [0.2, 0.25) is 0 Å². The van der Waals surface area contributed by atoms with Crippen molar-refractivity contribution in [2.75, 3.05) is 0 Å². The highest BCUT2D eigenvalue weighted by molar-refractivity contribution is 7.07. The maximum absolute atomic E-state index is 14.6. The lowest BCUT2D eigenvalue weighted by molar-refractivity contribution is 0.465. The van der Waals surface area contributed by atoms with E-state index < -0.39 is 0 Å². The van der Waals surface area contributed by atoms with Gasteiger partial charge in [0.1, 0.15) is 5.82 Å². The third-order valence-electron chi connectivity index (χ3n) is 5.93. The van der Waals surface area contributed by atoms with Crippen molar-refractivity contribution in [3.8, 4) is 16.9 Å². The molecule has 2 heterocycles. The van der Waals surface area contributed by atoms with Crippen molar-refractivity contribution in [1.29, 1.82) is 0 Å². The van der Waals surface area contributed by atoms with Crippen LogP contribution >= 0.6 is 11.3 Å². The maximum Gasteiger partial charge on any atom is 0.297 e. The Morgan fingerprint density at radius 3 is 2.34 bits per heavy atom. The monoisotopic (exact) mass is 450 g/mol. The summed E-state index contributed by atoms with van der Waals surface area (Å²) in [6.07, 6.45) is 1.76. The second-order valence-corrected chi connectivity index (χ2v) is 8.58. The molecule has 4 aromatic rings. The van der Waals surface area contributed by atoms with E-state index in [1.165, 1.54) is 17.4 Å². The Labute approximate surface area is 190 Å². The predicted octanol–water partition coefficient (Wildman–Crippen LogP) is 5.75. The largest absolute Gasteiger partial charge is 0.313 e. The first-order chi connectivity index (χ1) is 15.5. The van der Waals surface area contributed by atoms with E-state index in [1.54, 1.807) is 16.8 Å². The third kappa shape index (κ3) is 3.77. The lowest BCUT2D eigenvalue weighted by Gasteiger charge is -2.18.